The molecule has 0 aromatic carbocycles. The van der Waals surface area contributed by atoms with Gasteiger partial charge in [-0.25, -0.2) is 18.2 Å². The normalized spacial score (nSPS) is 31.5. The summed E-state index contributed by atoms with van der Waals surface area (Å²) in [7, 11) is 0. The van der Waals surface area contributed by atoms with Crippen molar-refractivity contribution in [2.45, 2.75) is 71.1 Å². The molecule has 3 N–H and O–H groups in total. The van der Waals surface area contributed by atoms with E-state index in [4.69, 9.17) is 11.6 Å². The first-order valence-corrected chi connectivity index (χ1v) is 13.5. The molecule has 2 saturated heterocycles. The molecule has 0 aromatic heterocycles. The van der Waals surface area contributed by atoms with Crippen molar-refractivity contribution in [3.05, 3.63) is 0 Å². The Labute approximate surface area is 229 Å². The van der Waals surface area contributed by atoms with Crippen molar-refractivity contribution in [3.63, 3.8) is 0 Å². The number of carbonyl (C=O) groups is 5. The topological polar surface area (TPSA) is 128 Å². The molecule has 0 radical (unpaired) electrons. The minimum atomic E-state index is -3.11. The van der Waals surface area contributed by atoms with Gasteiger partial charge in [-0.2, -0.15) is 0 Å². The molecule has 2 aliphatic carbocycles. The molecule has 39 heavy (non-hydrogen) atoms. The number of hydrogen-bond acceptors (Lipinski definition) is 5. The first-order chi connectivity index (χ1) is 17.9. The fourth-order valence-electron chi connectivity index (χ4n) is 5.92. The van der Waals surface area contributed by atoms with Crippen molar-refractivity contribution < 1.29 is 37.1 Å². The average Bonchev–Trinajstić information content (AvgIpc) is 3.37. The number of fused-ring (bicyclic) bond motifs is 1. The molecule has 2 saturated carbocycles. The lowest BCUT2D eigenvalue weighted by molar-refractivity contribution is -0.151. The van der Waals surface area contributed by atoms with Crippen molar-refractivity contribution in [3.8, 4) is 0 Å². The Kier molecular flexibility index (Phi) is 7.40. The van der Waals surface area contributed by atoms with Gasteiger partial charge >= 0.3 is 0 Å². The number of likely N-dealkylation sites (tertiary alicyclic amines) is 1. The van der Waals surface area contributed by atoms with E-state index >= 15 is 0 Å². The first kappa shape index (κ1) is 29.4. The lowest BCUT2D eigenvalue weighted by atomic mass is 9.85. The number of nitrogens with zero attached hydrogens (tertiary/aromatic N) is 2. The van der Waals surface area contributed by atoms with Gasteiger partial charge in [-0.3, -0.25) is 29.4 Å². The van der Waals surface area contributed by atoms with Gasteiger partial charge in [0.05, 0.1) is 12.5 Å². The van der Waals surface area contributed by atoms with Crippen LogP contribution in [0.4, 0.5) is 13.2 Å². The van der Waals surface area contributed by atoms with E-state index in [-0.39, 0.29) is 36.2 Å². The highest BCUT2D eigenvalue weighted by molar-refractivity contribution is 6.29. The highest BCUT2D eigenvalue weighted by atomic mass is 35.5. The zero-order valence-electron chi connectivity index (χ0n) is 22.5. The minimum absolute atomic E-state index is 0.0620. The zero-order chi connectivity index (χ0) is 29.2. The van der Waals surface area contributed by atoms with Gasteiger partial charge in [-0.1, -0.05) is 46.2 Å². The molecule has 4 aliphatic rings. The lowest BCUT2D eigenvalue weighted by Gasteiger charge is -2.38. The van der Waals surface area contributed by atoms with Crippen molar-refractivity contribution in [1.29, 1.82) is 0 Å². The highest BCUT2D eigenvalue weighted by Gasteiger charge is 2.70. The fourth-order valence-corrected chi connectivity index (χ4v) is 6.03. The summed E-state index contributed by atoms with van der Waals surface area (Å²) in [5.41, 5.74) is -1.28. The summed E-state index contributed by atoms with van der Waals surface area (Å²) < 4.78 is 40.8. The average molecular weight is 578 g/mol. The van der Waals surface area contributed by atoms with Crippen LogP contribution in [-0.2, 0) is 24.0 Å². The van der Waals surface area contributed by atoms with Crippen LogP contribution >= 0.6 is 11.6 Å². The quantitative estimate of drug-likeness (QED) is 0.309. The predicted octanol–water partition coefficient (Wildman–Crippen LogP) is 1.19. The number of hydrazine groups is 1. The summed E-state index contributed by atoms with van der Waals surface area (Å²) in [6.45, 7) is 9.13. The number of rotatable bonds is 7. The van der Waals surface area contributed by atoms with Gasteiger partial charge in [-0.15, -0.1) is 0 Å². The molecule has 218 valence electrons. The third-order valence-corrected chi connectivity index (χ3v) is 8.75. The number of amides is 5. The molecule has 2 aliphatic heterocycles. The molecule has 5 amide bonds. The van der Waals surface area contributed by atoms with Gasteiger partial charge in [0.25, 0.3) is 23.4 Å². The summed E-state index contributed by atoms with van der Waals surface area (Å²) in [5.74, 6) is -9.57. The number of piperidine rings is 1. The van der Waals surface area contributed by atoms with Gasteiger partial charge in [0.1, 0.15) is 18.0 Å². The molecular weight excluding hydrogens is 543 g/mol. The van der Waals surface area contributed by atoms with Crippen molar-refractivity contribution in [1.82, 2.24) is 26.0 Å². The van der Waals surface area contributed by atoms with E-state index in [0.717, 1.165) is 0 Å². The van der Waals surface area contributed by atoms with E-state index in [2.05, 4.69) is 16.1 Å². The predicted molar refractivity (Wildman–Crippen MR) is 132 cm³/mol. The third kappa shape index (κ3) is 5.55. The van der Waals surface area contributed by atoms with E-state index in [1.807, 2.05) is 13.8 Å². The van der Waals surface area contributed by atoms with Crippen LogP contribution in [0.3, 0.4) is 0 Å². The second-order valence-corrected chi connectivity index (χ2v) is 13.1. The first-order valence-electron chi connectivity index (χ1n) is 13.0. The van der Waals surface area contributed by atoms with Crippen LogP contribution in [0.5, 0.6) is 0 Å². The van der Waals surface area contributed by atoms with Gasteiger partial charge in [0.15, 0.2) is 0 Å². The molecule has 1 unspecified atom stereocenters. The molecule has 4 fully saturated rings. The van der Waals surface area contributed by atoms with E-state index in [1.165, 1.54) is 4.90 Å². The molecule has 7 atom stereocenters. The summed E-state index contributed by atoms with van der Waals surface area (Å²) in [5, 5.41) is 5.76. The molecule has 4 rings (SSSR count). The Bertz CT molecular complexity index is 1080. The van der Waals surface area contributed by atoms with E-state index in [9.17, 15) is 37.1 Å². The summed E-state index contributed by atoms with van der Waals surface area (Å²) >= 11 is 5.37. The molecule has 0 bridgehead atoms. The fraction of sp³-hybridized carbons (Fsp3) is 0.800. The van der Waals surface area contributed by atoms with Gasteiger partial charge < -0.3 is 15.5 Å². The number of hydrogen-bond donors (Lipinski definition) is 3. The Hall–Kier alpha value is -2.57. The Morgan fingerprint density at radius 2 is 1.82 bits per heavy atom. The Morgan fingerprint density at radius 1 is 1.21 bits per heavy atom. The maximum atomic E-state index is 13.8. The van der Waals surface area contributed by atoms with Gasteiger partial charge in [-0.05, 0) is 29.1 Å². The van der Waals surface area contributed by atoms with Gasteiger partial charge in [0.2, 0.25) is 17.7 Å². The van der Waals surface area contributed by atoms with E-state index in [1.54, 1.807) is 20.8 Å². The summed E-state index contributed by atoms with van der Waals surface area (Å²) in [6.07, 6.45) is -0.216. The van der Waals surface area contributed by atoms with E-state index in [0.29, 0.717) is 18.0 Å². The molecule has 0 spiro atoms. The Balaban J connectivity index is 1.55. The van der Waals surface area contributed by atoms with E-state index < -0.39 is 70.9 Å². The summed E-state index contributed by atoms with van der Waals surface area (Å²) in [6, 6.07) is -2.28. The number of carbonyl (C=O) groups excluding carboxylic acids is 5. The number of alkyl halides is 4. The second kappa shape index (κ2) is 9.81. The summed E-state index contributed by atoms with van der Waals surface area (Å²) in [4.78, 5) is 65.8. The van der Waals surface area contributed by atoms with Crippen LogP contribution in [0.15, 0.2) is 0 Å². The molecule has 2 heterocycles. The third-order valence-electron chi connectivity index (χ3n) is 8.57. The monoisotopic (exact) mass is 577 g/mol. The zero-order valence-corrected chi connectivity index (χ0v) is 23.3. The van der Waals surface area contributed by atoms with Gasteiger partial charge in [0, 0.05) is 19.5 Å². The standard InChI is InChI=1S/C25H35ClF3N5O5/c1-23(2,3)16(31-19(36)12-8-25(12,28)29)21(38)33-10-13-14(24(13,4)5)15(33)20(37)32-34(22(39)17(26)27)9-11-6-7-30-18(11)35/h11-17H,6-10H2,1-5H3,(H,30,35)(H,31,36)(H,32,37)/t11-,12?,13-,14-,15-,16+,17-/m0/s1. The Morgan fingerprint density at radius 3 is 2.31 bits per heavy atom. The number of nitrogens with one attached hydrogen (secondary N) is 3. The van der Waals surface area contributed by atoms with Crippen LogP contribution < -0.4 is 16.1 Å². The lowest BCUT2D eigenvalue weighted by Crippen LogP contribution is -2.61. The van der Waals surface area contributed by atoms with Crippen molar-refractivity contribution >= 4 is 41.1 Å². The van der Waals surface area contributed by atoms with Crippen LogP contribution in [0.25, 0.3) is 0 Å². The van der Waals surface area contributed by atoms with Crippen LogP contribution in [-0.4, -0.2) is 82.7 Å². The second-order valence-electron chi connectivity index (χ2n) is 12.7. The SMILES string of the molecule is CC(C)(C)[C@H](NC(=O)C1CC1(F)F)C(=O)N1C[C@H]2[C@@H]([C@H]1C(=O)NN(C[C@@H]1CCNC1=O)C(=O)[C@H](F)Cl)C2(C)C. The molecule has 10 nitrogen and oxygen atoms in total. The molecular formula is C25H35ClF3N5O5. The van der Waals surface area contributed by atoms with Crippen molar-refractivity contribution in [2.24, 2.45) is 34.5 Å². The smallest absolute Gasteiger partial charge is 0.291 e. The molecule has 14 heteroatoms. The maximum Gasteiger partial charge on any atom is 0.291 e. The van der Waals surface area contributed by atoms with Crippen LogP contribution in [0.2, 0.25) is 0 Å². The number of halogens is 4. The minimum Gasteiger partial charge on any atom is -0.356 e. The maximum absolute atomic E-state index is 13.8. The molecule has 0 aromatic rings. The van der Waals surface area contributed by atoms with Crippen LogP contribution in [0.1, 0.15) is 47.5 Å². The van der Waals surface area contributed by atoms with Crippen LogP contribution in [0, 0.1) is 34.5 Å². The van der Waals surface area contributed by atoms with Crippen molar-refractivity contribution in [2.75, 3.05) is 19.6 Å². The highest BCUT2D eigenvalue weighted by Crippen LogP contribution is 2.65. The largest absolute Gasteiger partial charge is 0.356 e.